The van der Waals surface area contributed by atoms with Gasteiger partial charge >= 0.3 is 0 Å². The molecule has 1 aliphatic carbocycles. The average molecular weight is 226 g/mol. The van der Waals surface area contributed by atoms with Gasteiger partial charge in [-0.25, -0.2) is 0 Å². The predicted octanol–water partition coefficient (Wildman–Crippen LogP) is 1.78. The highest BCUT2D eigenvalue weighted by molar-refractivity contribution is 5.78. The van der Waals surface area contributed by atoms with Gasteiger partial charge in [-0.2, -0.15) is 0 Å². The van der Waals surface area contributed by atoms with E-state index in [2.05, 4.69) is 38.3 Å². The first-order valence-electron chi connectivity index (χ1n) is 6.50. The molecule has 16 heavy (non-hydrogen) atoms. The Morgan fingerprint density at radius 3 is 2.19 bits per heavy atom. The third kappa shape index (κ3) is 4.97. The first kappa shape index (κ1) is 13.5. The number of carbonyl (C=O) groups excluding carboxylic acids is 1. The molecule has 0 aromatic rings. The molecule has 1 aliphatic rings. The zero-order valence-corrected chi connectivity index (χ0v) is 11.0. The Morgan fingerprint density at radius 1 is 1.19 bits per heavy atom. The van der Waals surface area contributed by atoms with E-state index in [-0.39, 0.29) is 5.91 Å². The highest BCUT2D eigenvalue weighted by Crippen LogP contribution is 2.19. The van der Waals surface area contributed by atoms with Crippen LogP contribution in [0.1, 0.15) is 40.5 Å². The number of nitrogens with one attached hydrogen (secondary N) is 2. The van der Waals surface area contributed by atoms with Crippen LogP contribution < -0.4 is 10.6 Å². The summed E-state index contributed by atoms with van der Waals surface area (Å²) >= 11 is 0. The van der Waals surface area contributed by atoms with Crippen LogP contribution in [0.15, 0.2) is 0 Å². The second-order valence-electron chi connectivity index (χ2n) is 5.62. The molecule has 0 aliphatic heterocycles. The van der Waals surface area contributed by atoms with Crippen molar-refractivity contribution >= 4 is 5.91 Å². The van der Waals surface area contributed by atoms with Gasteiger partial charge in [0.05, 0.1) is 6.54 Å². The molecule has 0 atom stereocenters. The van der Waals surface area contributed by atoms with Crippen molar-refractivity contribution < 1.29 is 4.79 Å². The summed E-state index contributed by atoms with van der Waals surface area (Å²) in [5, 5.41) is 6.25. The van der Waals surface area contributed by atoms with Gasteiger partial charge in [-0.15, -0.1) is 0 Å². The molecule has 2 N–H and O–H groups in total. The van der Waals surface area contributed by atoms with E-state index in [9.17, 15) is 4.79 Å². The fourth-order valence-corrected chi connectivity index (χ4v) is 2.10. The Morgan fingerprint density at radius 2 is 1.75 bits per heavy atom. The fraction of sp³-hybridized carbons (Fsp3) is 0.923. The maximum atomic E-state index is 11.4. The number of carbonyl (C=O) groups is 1. The van der Waals surface area contributed by atoms with Gasteiger partial charge in [-0.05, 0) is 37.1 Å². The summed E-state index contributed by atoms with van der Waals surface area (Å²) in [5.74, 6) is 2.13. The van der Waals surface area contributed by atoms with Gasteiger partial charge in [0.25, 0.3) is 0 Å². The summed E-state index contributed by atoms with van der Waals surface area (Å²) in [5.41, 5.74) is 0. The zero-order chi connectivity index (χ0) is 12.1. The van der Waals surface area contributed by atoms with Crippen LogP contribution in [0.5, 0.6) is 0 Å². The SMILES string of the molecule is CC(C)C(CNCC(=O)NC1CC1)C(C)C. The lowest BCUT2D eigenvalue weighted by atomic mass is 9.85. The van der Waals surface area contributed by atoms with Crippen LogP contribution in [0, 0.1) is 17.8 Å². The van der Waals surface area contributed by atoms with Crippen LogP contribution in [0.3, 0.4) is 0 Å². The Kier molecular flexibility index (Phi) is 5.26. The quantitative estimate of drug-likeness (QED) is 0.695. The van der Waals surface area contributed by atoms with Gasteiger partial charge in [0, 0.05) is 6.04 Å². The van der Waals surface area contributed by atoms with Crippen molar-refractivity contribution in [3.8, 4) is 0 Å². The number of hydrogen-bond acceptors (Lipinski definition) is 2. The second kappa shape index (κ2) is 6.24. The molecule has 1 saturated carbocycles. The molecule has 0 aromatic heterocycles. The highest BCUT2D eigenvalue weighted by Gasteiger charge is 2.23. The van der Waals surface area contributed by atoms with Gasteiger partial charge in [0.15, 0.2) is 0 Å². The minimum Gasteiger partial charge on any atom is -0.352 e. The Bertz CT molecular complexity index is 214. The molecule has 0 aromatic carbocycles. The molecule has 0 heterocycles. The van der Waals surface area contributed by atoms with Crippen molar-refractivity contribution in [3.63, 3.8) is 0 Å². The molecule has 0 radical (unpaired) electrons. The molecule has 0 saturated heterocycles. The first-order valence-corrected chi connectivity index (χ1v) is 6.50. The minimum absolute atomic E-state index is 0.147. The van der Waals surface area contributed by atoms with Crippen molar-refractivity contribution in [2.24, 2.45) is 17.8 Å². The number of rotatable bonds is 7. The normalized spacial score (nSPS) is 16.2. The molecule has 1 rings (SSSR count). The van der Waals surface area contributed by atoms with Crippen LogP contribution in [0.2, 0.25) is 0 Å². The van der Waals surface area contributed by atoms with Crippen LogP contribution in [0.4, 0.5) is 0 Å². The van der Waals surface area contributed by atoms with Gasteiger partial charge in [0.2, 0.25) is 5.91 Å². The molecule has 3 heteroatoms. The van der Waals surface area contributed by atoms with Crippen LogP contribution in [0.25, 0.3) is 0 Å². The molecule has 1 amide bonds. The van der Waals surface area contributed by atoms with E-state index in [1.54, 1.807) is 0 Å². The molecule has 94 valence electrons. The van der Waals surface area contributed by atoms with E-state index >= 15 is 0 Å². The first-order chi connectivity index (χ1) is 7.50. The molecule has 0 spiro atoms. The Balaban J connectivity index is 2.13. The highest BCUT2D eigenvalue weighted by atomic mass is 16.2. The lowest BCUT2D eigenvalue weighted by molar-refractivity contribution is -0.120. The van der Waals surface area contributed by atoms with E-state index in [4.69, 9.17) is 0 Å². The standard InChI is InChI=1S/C13H26N2O/c1-9(2)12(10(3)4)7-14-8-13(16)15-11-5-6-11/h9-12,14H,5-8H2,1-4H3,(H,15,16). The lowest BCUT2D eigenvalue weighted by Gasteiger charge is -2.25. The van der Waals surface area contributed by atoms with E-state index in [0.717, 1.165) is 19.4 Å². The molecule has 1 fully saturated rings. The van der Waals surface area contributed by atoms with Gasteiger partial charge in [-0.3, -0.25) is 4.79 Å². The van der Waals surface area contributed by atoms with Crippen molar-refractivity contribution in [2.75, 3.05) is 13.1 Å². The summed E-state index contributed by atoms with van der Waals surface area (Å²) in [6.07, 6.45) is 2.32. The van der Waals surface area contributed by atoms with Crippen molar-refractivity contribution in [3.05, 3.63) is 0 Å². The summed E-state index contributed by atoms with van der Waals surface area (Å²) in [7, 11) is 0. The van der Waals surface area contributed by atoms with Crippen LogP contribution in [-0.2, 0) is 4.79 Å². The van der Waals surface area contributed by atoms with Crippen molar-refractivity contribution in [1.29, 1.82) is 0 Å². The third-order valence-corrected chi connectivity index (χ3v) is 3.32. The fourth-order valence-electron chi connectivity index (χ4n) is 2.10. The summed E-state index contributed by atoms with van der Waals surface area (Å²) in [4.78, 5) is 11.4. The summed E-state index contributed by atoms with van der Waals surface area (Å²) in [6, 6.07) is 0.472. The smallest absolute Gasteiger partial charge is 0.234 e. The minimum atomic E-state index is 0.147. The summed E-state index contributed by atoms with van der Waals surface area (Å²) < 4.78 is 0. The van der Waals surface area contributed by atoms with E-state index in [1.807, 2.05) is 0 Å². The van der Waals surface area contributed by atoms with Gasteiger partial charge in [-0.1, -0.05) is 27.7 Å². The topological polar surface area (TPSA) is 41.1 Å². The number of hydrogen-bond donors (Lipinski definition) is 2. The van der Waals surface area contributed by atoms with E-state index in [1.165, 1.54) is 0 Å². The molecular formula is C13H26N2O. The largest absolute Gasteiger partial charge is 0.352 e. The van der Waals surface area contributed by atoms with Crippen molar-refractivity contribution in [1.82, 2.24) is 10.6 Å². The zero-order valence-electron chi connectivity index (χ0n) is 11.0. The predicted molar refractivity (Wildman–Crippen MR) is 67.2 cm³/mol. The van der Waals surface area contributed by atoms with Crippen LogP contribution in [-0.4, -0.2) is 25.0 Å². The van der Waals surface area contributed by atoms with E-state index < -0.39 is 0 Å². The molecular weight excluding hydrogens is 200 g/mol. The Labute approximate surface area is 99.4 Å². The number of amides is 1. The van der Waals surface area contributed by atoms with Gasteiger partial charge in [0.1, 0.15) is 0 Å². The molecule has 0 bridgehead atoms. The Hall–Kier alpha value is -0.570. The second-order valence-corrected chi connectivity index (χ2v) is 5.62. The maximum Gasteiger partial charge on any atom is 0.234 e. The average Bonchev–Trinajstić information content (AvgIpc) is 2.94. The monoisotopic (exact) mass is 226 g/mol. The summed E-state index contributed by atoms with van der Waals surface area (Å²) in [6.45, 7) is 10.4. The molecule has 3 nitrogen and oxygen atoms in total. The molecule has 0 unspecified atom stereocenters. The van der Waals surface area contributed by atoms with Crippen LogP contribution >= 0.6 is 0 Å². The third-order valence-electron chi connectivity index (χ3n) is 3.32. The van der Waals surface area contributed by atoms with Crippen molar-refractivity contribution in [2.45, 2.75) is 46.6 Å². The maximum absolute atomic E-state index is 11.4. The lowest BCUT2D eigenvalue weighted by Crippen LogP contribution is -2.38. The van der Waals surface area contributed by atoms with Gasteiger partial charge < -0.3 is 10.6 Å². The van der Waals surface area contributed by atoms with E-state index in [0.29, 0.717) is 30.3 Å².